The first-order valence-corrected chi connectivity index (χ1v) is 3.89. The highest BCUT2D eigenvalue weighted by molar-refractivity contribution is 4.98. The van der Waals surface area contributed by atoms with Crippen LogP contribution in [0.15, 0.2) is 6.20 Å². The molecule has 1 aromatic rings. The lowest BCUT2D eigenvalue weighted by molar-refractivity contribution is 0.117. The highest BCUT2D eigenvalue weighted by atomic mass is 16.3. The highest BCUT2D eigenvalue weighted by Crippen LogP contribution is 2.17. The molecular formula is C7H14N4O. The van der Waals surface area contributed by atoms with E-state index in [1.54, 1.807) is 17.9 Å². The molecule has 0 fully saturated rings. The third-order valence-electron chi connectivity index (χ3n) is 1.83. The SMILES string of the molecule is CC(CN)C(O)c1cn(C)nn1. The number of aliphatic hydroxyl groups excluding tert-OH is 1. The molecule has 68 valence electrons. The molecule has 0 aliphatic heterocycles. The van der Waals surface area contributed by atoms with Crippen molar-refractivity contribution >= 4 is 0 Å². The monoisotopic (exact) mass is 170 g/mol. The smallest absolute Gasteiger partial charge is 0.111 e. The Hall–Kier alpha value is -0.940. The van der Waals surface area contributed by atoms with Gasteiger partial charge in [-0.15, -0.1) is 5.10 Å². The van der Waals surface area contributed by atoms with Gasteiger partial charge in [0.2, 0.25) is 0 Å². The summed E-state index contributed by atoms with van der Waals surface area (Å²) in [5.41, 5.74) is 5.98. The second-order valence-corrected chi connectivity index (χ2v) is 2.97. The van der Waals surface area contributed by atoms with E-state index in [1.165, 1.54) is 0 Å². The van der Waals surface area contributed by atoms with E-state index in [0.29, 0.717) is 12.2 Å². The van der Waals surface area contributed by atoms with Gasteiger partial charge in [0.05, 0.1) is 6.20 Å². The summed E-state index contributed by atoms with van der Waals surface area (Å²) >= 11 is 0. The maximum absolute atomic E-state index is 9.61. The molecule has 2 atom stereocenters. The van der Waals surface area contributed by atoms with Crippen molar-refractivity contribution in [2.45, 2.75) is 13.0 Å². The summed E-state index contributed by atoms with van der Waals surface area (Å²) in [6.07, 6.45) is 1.08. The summed E-state index contributed by atoms with van der Waals surface area (Å²) < 4.78 is 1.56. The van der Waals surface area contributed by atoms with Gasteiger partial charge in [-0.2, -0.15) is 0 Å². The molecule has 5 heteroatoms. The fourth-order valence-corrected chi connectivity index (χ4v) is 0.921. The average molecular weight is 170 g/mol. The molecule has 0 radical (unpaired) electrons. The zero-order valence-electron chi connectivity index (χ0n) is 7.31. The van der Waals surface area contributed by atoms with Crippen molar-refractivity contribution in [2.75, 3.05) is 6.54 Å². The zero-order chi connectivity index (χ0) is 9.14. The third-order valence-corrected chi connectivity index (χ3v) is 1.83. The molecule has 1 aromatic heterocycles. The van der Waals surface area contributed by atoms with Crippen LogP contribution in [0.2, 0.25) is 0 Å². The van der Waals surface area contributed by atoms with Crippen LogP contribution in [0, 0.1) is 5.92 Å². The Balaban J connectivity index is 2.70. The maximum Gasteiger partial charge on any atom is 0.111 e. The van der Waals surface area contributed by atoms with Gasteiger partial charge >= 0.3 is 0 Å². The van der Waals surface area contributed by atoms with Crippen LogP contribution in [0.3, 0.4) is 0 Å². The number of nitrogens with two attached hydrogens (primary N) is 1. The van der Waals surface area contributed by atoms with Gasteiger partial charge in [-0.25, -0.2) is 0 Å². The van der Waals surface area contributed by atoms with Crippen LogP contribution < -0.4 is 5.73 Å². The highest BCUT2D eigenvalue weighted by Gasteiger charge is 2.17. The molecule has 5 nitrogen and oxygen atoms in total. The summed E-state index contributed by atoms with van der Waals surface area (Å²) in [7, 11) is 1.76. The summed E-state index contributed by atoms with van der Waals surface area (Å²) in [6, 6.07) is 0. The lowest BCUT2D eigenvalue weighted by Gasteiger charge is -2.13. The first-order chi connectivity index (χ1) is 5.65. The lowest BCUT2D eigenvalue weighted by atomic mass is 10.0. The van der Waals surface area contributed by atoms with Crippen LogP contribution >= 0.6 is 0 Å². The van der Waals surface area contributed by atoms with E-state index < -0.39 is 6.10 Å². The minimum absolute atomic E-state index is 0.0155. The molecule has 2 unspecified atom stereocenters. The van der Waals surface area contributed by atoms with Crippen molar-refractivity contribution in [3.8, 4) is 0 Å². The Kier molecular flexibility index (Phi) is 2.78. The molecule has 0 amide bonds. The number of aromatic nitrogens is 3. The Labute approximate surface area is 71.2 Å². The third kappa shape index (κ3) is 1.80. The molecule has 0 saturated heterocycles. The molecule has 3 N–H and O–H groups in total. The van der Waals surface area contributed by atoms with Gasteiger partial charge in [0.15, 0.2) is 0 Å². The van der Waals surface area contributed by atoms with Crippen molar-refractivity contribution in [1.29, 1.82) is 0 Å². The molecule has 0 aliphatic rings. The zero-order valence-corrected chi connectivity index (χ0v) is 7.31. The van der Waals surface area contributed by atoms with Gasteiger partial charge < -0.3 is 10.8 Å². The van der Waals surface area contributed by atoms with E-state index >= 15 is 0 Å². The fourth-order valence-electron chi connectivity index (χ4n) is 0.921. The molecule has 0 spiro atoms. The predicted octanol–water partition coefficient (Wildman–Crippen LogP) is -0.557. The largest absolute Gasteiger partial charge is 0.386 e. The van der Waals surface area contributed by atoms with Crippen molar-refractivity contribution in [3.63, 3.8) is 0 Å². The van der Waals surface area contributed by atoms with Crippen LogP contribution in [0.1, 0.15) is 18.7 Å². The van der Waals surface area contributed by atoms with Crippen molar-refractivity contribution < 1.29 is 5.11 Å². The number of rotatable bonds is 3. The number of nitrogens with zero attached hydrogens (tertiary/aromatic N) is 3. The van der Waals surface area contributed by atoms with Gasteiger partial charge in [-0.05, 0) is 6.54 Å². The molecule has 12 heavy (non-hydrogen) atoms. The predicted molar refractivity (Wildman–Crippen MR) is 44.2 cm³/mol. The molecular weight excluding hydrogens is 156 g/mol. The first-order valence-electron chi connectivity index (χ1n) is 3.89. The quantitative estimate of drug-likeness (QED) is 0.637. The van der Waals surface area contributed by atoms with Gasteiger partial charge in [0.1, 0.15) is 11.8 Å². The molecule has 0 bridgehead atoms. The minimum atomic E-state index is -0.608. The molecule has 1 rings (SSSR count). The van der Waals surface area contributed by atoms with Gasteiger partial charge in [-0.3, -0.25) is 4.68 Å². The van der Waals surface area contributed by atoms with Gasteiger partial charge in [0.25, 0.3) is 0 Å². The van der Waals surface area contributed by atoms with Crippen molar-refractivity contribution in [3.05, 3.63) is 11.9 Å². The Bertz CT molecular complexity index is 247. The molecule has 0 aromatic carbocycles. The van der Waals surface area contributed by atoms with E-state index in [-0.39, 0.29) is 5.92 Å². The van der Waals surface area contributed by atoms with E-state index in [9.17, 15) is 5.11 Å². The number of hydrogen-bond donors (Lipinski definition) is 2. The Morgan fingerprint density at radius 3 is 2.83 bits per heavy atom. The van der Waals surface area contributed by atoms with Gasteiger partial charge in [-0.1, -0.05) is 12.1 Å². The average Bonchev–Trinajstić information content (AvgIpc) is 2.49. The van der Waals surface area contributed by atoms with Crippen LogP contribution in [-0.4, -0.2) is 26.6 Å². The fraction of sp³-hybridized carbons (Fsp3) is 0.714. The second kappa shape index (κ2) is 3.64. The number of aliphatic hydroxyl groups is 1. The Morgan fingerprint density at radius 1 is 1.75 bits per heavy atom. The normalized spacial score (nSPS) is 16.0. The second-order valence-electron chi connectivity index (χ2n) is 2.97. The lowest BCUT2D eigenvalue weighted by Crippen LogP contribution is -2.19. The maximum atomic E-state index is 9.61. The minimum Gasteiger partial charge on any atom is -0.386 e. The van der Waals surface area contributed by atoms with E-state index in [0.717, 1.165) is 0 Å². The number of aryl methyl sites for hydroxylation is 1. The summed E-state index contributed by atoms with van der Waals surface area (Å²) in [5, 5.41) is 17.1. The van der Waals surface area contributed by atoms with Crippen LogP contribution in [0.25, 0.3) is 0 Å². The molecule has 1 heterocycles. The van der Waals surface area contributed by atoms with Crippen molar-refractivity contribution in [1.82, 2.24) is 15.0 Å². The standard InChI is InChI=1S/C7H14N4O/c1-5(3-8)7(12)6-4-11(2)10-9-6/h4-5,7,12H,3,8H2,1-2H3. The van der Waals surface area contributed by atoms with Crippen molar-refractivity contribution in [2.24, 2.45) is 18.7 Å². The van der Waals surface area contributed by atoms with E-state index in [1.807, 2.05) is 6.92 Å². The summed E-state index contributed by atoms with van der Waals surface area (Å²) in [6.45, 7) is 2.32. The van der Waals surface area contributed by atoms with Crippen LogP contribution in [0.4, 0.5) is 0 Å². The van der Waals surface area contributed by atoms with Crippen LogP contribution in [-0.2, 0) is 7.05 Å². The Morgan fingerprint density at radius 2 is 2.42 bits per heavy atom. The first kappa shape index (κ1) is 9.15. The van der Waals surface area contributed by atoms with Gasteiger partial charge in [0, 0.05) is 13.0 Å². The molecule has 0 saturated carbocycles. The molecule has 0 aliphatic carbocycles. The topological polar surface area (TPSA) is 77.0 Å². The summed E-state index contributed by atoms with van der Waals surface area (Å²) in [5.74, 6) is 0.0155. The summed E-state index contributed by atoms with van der Waals surface area (Å²) in [4.78, 5) is 0. The van der Waals surface area contributed by atoms with E-state index in [4.69, 9.17) is 5.73 Å². The van der Waals surface area contributed by atoms with E-state index in [2.05, 4.69) is 10.3 Å². The number of hydrogen-bond acceptors (Lipinski definition) is 4. The van der Waals surface area contributed by atoms with Crippen LogP contribution in [0.5, 0.6) is 0 Å².